The summed E-state index contributed by atoms with van der Waals surface area (Å²) in [5.74, 6) is -1.72. The van der Waals surface area contributed by atoms with Crippen molar-refractivity contribution in [3.63, 3.8) is 0 Å². The monoisotopic (exact) mass is 284 g/mol. The van der Waals surface area contributed by atoms with Gasteiger partial charge in [-0.1, -0.05) is 23.7 Å². The molecule has 1 rings (SSSR count). The number of hydrogen-bond acceptors (Lipinski definition) is 3. The second-order valence-electron chi connectivity index (χ2n) is 3.85. The lowest BCUT2D eigenvalue weighted by Crippen LogP contribution is -2.43. The number of benzene rings is 1. The van der Waals surface area contributed by atoms with Crippen molar-refractivity contribution in [2.75, 3.05) is 7.05 Å². The summed E-state index contributed by atoms with van der Waals surface area (Å²) >= 11 is 5.71. The summed E-state index contributed by atoms with van der Waals surface area (Å²) in [6.45, 7) is 1.21. The zero-order valence-electron chi connectivity index (χ0n) is 10.4. The minimum Gasteiger partial charge on any atom is -0.479 e. The van der Waals surface area contributed by atoms with Gasteiger partial charge in [0.15, 0.2) is 6.04 Å². The van der Waals surface area contributed by atoms with Crippen LogP contribution in [0.5, 0.6) is 0 Å². The zero-order valence-corrected chi connectivity index (χ0v) is 11.1. The molecular weight excluding hydrogens is 272 g/mol. The predicted octanol–water partition coefficient (Wildman–Crippen LogP) is 1.65. The molecule has 0 aromatic heterocycles. The molecule has 7 heteroatoms. The highest BCUT2D eigenvalue weighted by atomic mass is 35.5. The van der Waals surface area contributed by atoms with E-state index in [1.807, 2.05) is 0 Å². The third-order valence-corrected chi connectivity index (χ3v) is 2.75. The van der Waals surface area contributed by atoms with Crippen molar-refractivity contribution >= 4 is 29.5 Å². The number of urea groups is 1. The van der Waals surface area contributed by atoms with Crippen molar-refractivity contribution in [1.82, 2.24) is 10.2 Å². The van der Waals surface area contributed by atoms with E-state index < -0.39 is 23.9 Å². The largest absolute Gasteiger partial charge is 0.479 e. The molecule has 0 aliphatic rings. The first-order chi connectivity index (χ1) is 8.82. The number of nitrogens with one attached hydrogen (secondary N) is 1. The van der Waals surface area contributed by atoms with E-state index in [0.717, 1.165) is 4.90 Å². The number of aliphatic carboxylic acids is 1. The molecule has 6 nitrogen and oxygen atoms in total. The van der Waals surface area contributed by atoms with Crippen LogP contribution in [0.2, 0.25) is 5.02 Å². The fourth-order valence-corrected chi connectivity index (χ4v) is 1.43. The lowest BCUT2D eigenvalue weighted by atomic mass is 10.1. The first kappa shape index (κ1) is 15.0. The Morgan fingerprint density at radius 2 is 1.79 bits per heavy atom. The van der Waals surface area contributed by atoms with Crippen molar-refractivity contribution in [2.24, 2.45) is 0 Å². The Bertz CT molecular complexity index is 501. The smallest absolute Gasteiger partial charge is 0.330 e. The second kappa shape index (κ2) is 6.19. The van der Waals surface area contributed by atoms with Gasteiger partial charge < -0.3 is 10.4 Å². The van der Waals surface area contributed by atoms with Crippen LogP contribution in [-0.4, -0.2) is 35.0 Å². The van der Waals surface area contributed by atoms with E-state index in [1.165, 1.54) is 38.2 Å². The van der Waals surface area contributed by atoms with Gasteiger partial charge >= 0.3 is 12.0 Å². The number of carbonyl (C=O) groups is 3. The fraction of sp³-hybridized carbons (Fsp3) is 0.250. The van der Waals surface area contributed by atoms with E-state index in [0.29, 0.717) is 10.6 Å². The molecule has 3 amide bonds. The third-order valence-electron chi connectivity index (χ3n) is 2.50. The van der Waals surface area contributed by atoms with Gasteiger partial charge in [0.25, 0.3) is 0 Å². The summed E-state index contributed by atoms with van der Waals surface area (Å²) in [6, 6.07) is 4.01. The SMILES string of the molecule is CC(=O)N(C)C(=O)NC(C(=O)O)c1ccc(Cl)cc1. The molecule has 0 aliphatic heterocycles. The number of hydrogen-bond donors (Lipinski definition) is 2. The maximum Gasteiger partial charge on any atom is 0.330 e. The maximum absolute atomic E-state index is 11.6. The first-order valence-corrected chi connectivity index (χ1v) is 5.73. The van der Waals surface area contributed by atoms with Crippen LogP contribution in [0, 0.1) is 0 Å². The Kier molecular flexibility index (Phi) is 4.88. The van der Waals surface area contributed by atoms with Crippen LogP contribution in [0.4, 0.5) is 4.79 Å². The van der Waals surface area contributed by atoms with Gasteiger partial charge in [-0.15, -0.1) is 0 Å². The van der Waals surface area contributed by atoms with Crippen LogP contribution < -0.4 is 5.32 Å². The van der Waals surface area contributed by atoms with Crippen molar-refractivity contribution in [3.8, 4) is 0 Å². The Morgan fingerprint density at radius 1 is 1.26 bits per heavy atom. The normalized spacial score (nSPS) is 11.5. The van der Waals surface area contributed by atoms with Gasteiger partial charge in [-0.25, -0.2) is 9.59 Å². The van der Waals surface area contributed by atoms with Crippen molar-refractivity contribution in [2.45, 2.75) is 13.0 Å². The average molecular weight is 285 g/mol. The van der Waals surface area contributed by atoms with Crippen LogP contribution in [0.15, 0.2) is 24.3 Å². The summed E-state index contributed by atoms with van der Waals surface area (Å²) in [5, 5.41) is 11.8. The van der Waals surface area contributed by atoms with Crippen LogP contribution in [0.3, 0.4) is 0 Å². The van der Waals surface area contributed by atoms with E-state index in [1.54, 1.807) is 0 Å². The maximum atomic E-state index is 11.6. The Morgan fingerprint density at radius 3 is 2.21 bits per heavy atom. The molecule has 0 heterocycles. The minimum absolute atomic E-state index is 0.363. The molecule has 0 aliphatic carbocycles. The number of rotatable bonds is 3. The summed E-state index contributed by atoms with van der Waals surface area (Å²) in [7, 11) is 1.26. The van der Waals surface area contributed by atoms with Crippen LogP contribution in [-0.2, 0) is 9.59 Å². The number of carboxylic acid groups (broad SMARTS) is 1. The number of amides is 3. The van der Waals surface area contributed by atoms with Crippen LogP contribution in [0.25, 0.3) is 0 Å². The molecule has 1 aromatic rings. The van der Waals surface area contributed by atoms with Crippen molar-refractivity contribution in [3.05, 3.63) is 34.9 Å². The molecule has 2 N–H and O–H groups in total. The summed E-state index contributed by atoms with van der Waals surface area (Å²) < 4.78 is 0. The van der Waals surface area contributed by atoms with Gasteiger partial charge in [0.2, 0.25) is 5.91 Å². The number of carbonyl (C=O) groups excluding carboxylic acids is 2. The van der Waals surface area contributed by atoms with Crippen LogP contribution in [0.1, 0.15) is 18.5 Å². The summed E-state index contributed by atoms with van der Waals surface area (Å²) in [6.07, 6.45) is 0. The van der Waals surface area contributed by atoms with Crippen molar-refractivity contribution < 1.29 is 19.5 Å². The molecule has 102 valence electrons. The summed E-state index contributed by atoms with van der Waals surface area (Å²) in [5.41, 5.74) is 0.363. The molecule has 19 heavy (non-hydrogen) atoms. The van der Waals surface area contributed by atoms with E-state index in [-0.39, 0.29) is 0 Å². The average Bonchev–Trinajstić information content (AvgIpc) is 2.35. The van der Waals surface area contributed by atoms with E-state index in [4.69, 9.17) is 16.7 Å². The minimum atomic E-state index is -1.24. The third kappa shape index (κ3) is 3.96. The molecule has 0 saturated carbocycles. The van der Waals surface area contributed by atoms with Gasteiger partial charge in [0.05, 0.1) is 0 Å². The summed E-state index contributed by atoms with van der Waals surface area (Å²) in [4.78, 5) is 34.6. The number of carboxylic acids is 1. The standard InChI is InChI=1S/C12H13ClN2O4/c1-7(16)15(2)12(19)14-10(11(17)18)8-3-5-9(13)6-4-8/h3-6,10H,1-2H3,(H,14,19)(H,17,18). The lowest BCUT2D eigenvalue weighted by molar-refractivity contribution is -0.139. The van der Waals surface area contributed by atoms with Gasteiger partial charge in [0, 0.05) is 19.0 Å². The van der Waals surface area contributed by atoms with Crippen LogP contribution >= 0.6 is 11.6 Å². The lowest BCUT2D eigenvalue weighted by Gasteiger charge is -2.19. The number of halogens is 1. The Balaban J connectivity index is 2.91. The molecule has 1 atom stereocenters. The Hall–Kier alpha value is -2.08. The molecular formula is C12H13ClN2O4. The van der Waals surface area contributed by atoms with E-state index in [9.17, 15) is 14.4 Å². The highest BCUT2D eigenvalue weighted by Gasteiger charge is 2.24. The number of nitrogens with zero attached hydrogens (tertiary/aromatic N) is 1. The highest BCUT2D eigenvalue weighted by molar-refractivity contribution is 6.30. The van der Waals surface area contributed by atoms with Gasteiger partial charge in [0.1, 0.15) is 0 Å². The number of imide groups is 1. The fourth-order valence-electron chi connectivity index (χ4n) is 1.31. The Labute approximate surface area is 115 Å². The van der Waals surface area contributed by atoms with E-state index >= 15 is 0 Å². The zero-order chi connectivity index (χ0) is 14.6. The molecule has 1 aromatic carbocycles. The molecule has 0 bridgehead atoms. The van der Waals surface area contributed by atoms with Crippen molar-refractivity contribution in [1.29, 1.82) is 0 Å². The molecule has 0 radical (unpaired) electrons. The highest BCUT2D eigenvalue weighted by Crippen LogP contribution is 2.17. The second-order valence-corrected chi connectivity index (χ2v) is 4.29. The topological polar surface area (TPSA) is 86.7 Å². The molecule has 0 saturated heterocycles. The molecule has 0 spiro atoms. The van der Waals surface area contributed by atoms with Gasteiger partial charge in [-0.05, 0) is 17.7 Å². The van der Waals surface area contributed by atoms with E-state index in [2.05, 4.69) is 5.32 Å². The van der Waals surface area contributed by atoms with Gasteiger partial charge in [-0.3, -0.25) is 9.69 Å². The molecule has 0 fully saturated rings. The quantitative estimate of drug-likeness (QED) is 0.883. The first-order valence-electron chi connectivity index (χ1n) is 5.36. The predicted molar refractivity (Wildman–Crippen MR) is 68.8 cm³/mol. The molecule has 1 unspecified atom stereocenters. The van der Waals surface area contributed by atoms with Gasteiger partial charge in [-0.2, -0.15) is 0 Å².